The van der Waals surface area contributed by atoms with Crippen molar-refractivity contribution >= 4 is 47.4 Å². The molecule has 3 N–H and O–H groups in total. The Morgan fingerprint density at radius 2 is 1.12 bits per heavy atom. The van der Waals surface area contributed by atoms with Gasteiger partial charge in [0, 0.05) is 51.4 Å². The highest BCUT2D eigenvalue weighted by Crippen LogP contribution is 2.12. The Bertz CT molecular complexity index is 1620. The zero-order chi connectivity index (χ0) is 47.3. The van der Waals surface area contributed by atoms with Gasteiger partial charge in [0.25, 0.3) is 11.8 Å². The lowest BCUT2D eigenvalue weighted by Gasteiger charge is -2.26. The number of amides is 7. The average Bonchev–Trinajstić information content (AvgIpc) is 3.57. The van der Waals surface area contributed by atoms with E-state index in [1.165, 1.54) is 22.0 Å². The number of hydrogen-bond acceptors (Lipinski definition) is 15. The van der Waals surface area contributed by atoms with Crippen LogP contribution in [0.25, 0.3) is 0 Å². The highest BCUT2D eigenvalue weighted by molar-refractivity contribution is 6.12. The molecule has 0 aliphatic carbocycles. The molecule has 1 aromatic carbocycles. The van der Waals surface area contributed by atoms with Crippen molar-refractivity contribution in [3.05, 3.63) is 42.0 Å². The Hall–Kier alpha value is -5.19. The summed E-state index contributed by atoms with van der Waals surface area (Å²) in [6, 6.07) is 5.78. The molecule has 1 aliphatic rings. The van der Waals surface area contributed by atoms with Gasteiger partial charge in [0.2, 0.25) is 17.7 Å². The first-order valence-electron chi connectivity index (χ1n) is 21.2. The van der Waals surface area contributed by atoms with Crippen molar-refractivity contribution in [2.75, 3.05) is 125 Å². The van der Waals surface area contributed by atoms with Crippen LogP contribution in [0.2, 0.25) is 0 Å². The number of ether oxygens (including phenoxy) is 8. The summed E-state index contributed by atoms with van der Waals surface area (Å²) in [5, 5.41) is 7.96. The quantitative estimate of drug-likeness (QED) is 0.0690. The SMILES string of the molecule is CC(C)[C@H](NC(=O)CCOCCOCCOCCOCCOCCOCCN1C(=O)C=CC1=O)C(=O)NCC(=O)Nc1ccc(COC(=O)N(C)CCN(C)C(=O)OC(C)(C)C)cc1. The van der Waals surface area contributed by atoms with E-state index in [2.05, 4.69) is 16.0 Å². The number of likely N-dealkylation sites (N-methyl/N-ethyl adjacent to an activating group) is 2. The first kappa shape index (κ1) is 54.9. The molecule has 0 bridgehead atoms. The summed E-state index contributed by atoms with van der Waals surface area (Å²) in [7, 11) is 3.15. The van der Waals surface area contributed by atoms with Crippen LogP contribution in [-0.4, -0.2) is 188 Å². The number of rotatable bonds is 32. The third-order valence-corrected chi connectivity index (χ3v) is 8.77. The van der Waals surface area contributed by atoms with Crippen LogP contribution in [0.1, 0.15) is 46.6 Å². The second-order valence-electron chi connectivity index (χ2n) is 15.7. The zero-order valence-electron chi connectivity index (χ0n) is 38.3. The molecule has 0 aromatic heterocycles. The molecule has 0 saturated heterocycles. The summed E-state index contributed by atoms with van der Waals surface area (Å²) in [6.07, 6.45) is 1.44. The fourth-order valence-corrected chi connectivity index (χ4v) is 5.20. The summed E-state index contributed by atoms with van der Waals surface area (Å²) in [5.41, 5.74) is 0.523. The maximum absolute atomic E-state index is 12.9. The molecule has 0 unspecified atom stereocenters. The largest absolute Gasteiger partial charge is 0.445 e. The van der Waals surface area contributed by atoms with Gasteiger partial charge in [0.05, 0.1) is 92.4 Å². The summed E-state index contributed by atoms with van der Waals surface area (Å²) < 4.78 is 43.3. The average molecular weight is 909 g/mol. The molecule has 0 saturated carbocycles. The second-order valence-corrected chi connectivity index (χ2v) is 15.7. The molecule has 2 rings (SSSR count). The molecule has 64 heavy (non-hydrogen) atoms. The van der Waals surface area contributed by atoms with E-state index in [-0.39, 0.29) is 82.7 Å². The van der Waals surface area contributed by atoms with Crippen LogP contribution >= 0.6 is 0 Å². The summed E-state index contributed by atoms with van der Waals surface area (Å²) >= 11 is 0. The van der Waals surface area contributed by atoms with Crippen molar-refractivity contribution in [3.63, 3.8) is 0 Å². The lowest BCUT2D eigenvalue weighted by atomic mass is 10.0. The van der Waals surface area contributed by atoms with Crippen molar-refractivity contribution in [2.24, 2.45) is 5.92 Å². The highest BCUT2D eigenvalue weighted by atomic mass is 16.6. The van der Waals surface area contributed by atoms with Crippen LogP contribution in [0.4, 0.5) is 15.3 Å². The number of nitrogens with one attached hydrogen (secondary N) is 3. The zero-order valence-corrected chi connectivity index (χ0v) is 38.3. The molecule has 1 heterocycles. The van der Waals surface area contributed by atoms with Crippen LogP contribution in [0.5, 0.6) is 0 Å². The summed E-state index contributed by atoms with van der Waals surface area (Å²) in [6.45, 7) is 13.2. The van der Waals surface area contributed by atoms with Gasteiger partial charge in [-0.2, -0.15) is 0 Å². The van der Waals surface area contributed by atoms with E-state index in [4.69, 9.17) is 37.9 Å². The predicted octanol–water partition coefficient (Wildman–Crippen LogP) is 1.73. The normalized spacial score (nSPS) is 12.9. The third kappa shape index (κ3) is 24.6. The molecular weight excluding hydrogens is 840 g/mol. The van der Waals surface area contributed by atoms with Crippen LogP contribution < -0.4 is 16.0 Å². The van der Waals surface area contributed by atoms with E-state index in [1.54, 1.807) is 73.0 Å². The van der Waals surface area contributed by atoms with E-state index >= 15 is 0 Å². The van der Waals surface area contributed by atoms with Crippen molar-refractivity contribution in [1.82, 2.24) is 25.3 Å². The molecular formula is C43H68N6O15. The molecule has 1 aliphatic heterocycles. The fourth-order valence-electron chi connectivity index (χ4n) is 5.20. The van der Waals surface area contributed by atoms with Gasteiger partial charge >= 0.3 is 12.2 Å². The van der Waals surface area contributed by atoms with Gasteiger partial charge in [-0.3, -0.25) is 28.9 Å². The molecule has 0 fully saturated rings. The monoisotopic (exact) mass is 908 g/mol. The first-order chi connectivity index (χ1) is 30.5. The van der Waals surface area contributed by atoms with E-state index in [1.807, 2.05) is 0 Å². The van der Waals surface area contributed by atoms with Gasteiger partial charge < -0.3 is 63.6 Å². The fraction of sp³-hybridized carbons (Fsp3) is 0.651. The van der Waals surface area contributed by atoms with E-state index in [0.717, 1.165) is 4.90 Å². The minimum atomic E-state index is -0.863. The van der Waals surface area contributed by atoms with E-state index in [0.29, 0.717) is 70.7 Å². The smallest absolute Gasteiger partial charge is 0.410 e. The number of benzene rings is 1. The van der Waals surface area contributed by atoms with E-state index in [9.17, 15) is 33.6 Å². The number of carbonyl (C=O) groups is 7. The molecule has 0 radical (unpaired) electrons. The molecule has 0 spiro atoms. The van der Waals surface area contributed by atoms with Crippen LogP contribution in [0.15, 0.2) is 36.4 Å². The van der Waals surface area contributed by atoms with Crippen molar-refractivity contribution in [2.45, 2.75) is 59.3 Å². The number of nitrogens with zero attached hydrogens (tertiary/aromatic N) is 3. The van der Waals surface area contributed by atoms with Crippen LogP contribution in [-0.2, 0) is 68.5 Å². The standard InChI is InChI=1S/C43H68N6O15/c1-32(2)39(40(54)44-30-36(51)45-34-10-8-33(9-11-34)31-63-41(55)47(6)15-16-48(7)42(56)64-43(3,4)5)46-35(50)14-18-57-20-22-59-24-26-61-28-29-62-27-25-60-23-21-58-19-17-49-37(52)12-13-38(49)53/h8-13,32,39H,14-31H2,1-7H3,(H,44,54)(H,45,51)(H,46,50)/t39-/m0/s1. The van der Waals surface area contributed by atoms with E-state index < -0.39 is 35.6 Å². The van der Waals surface area contributed by atoms with Gasteiger partial charge in [-0.05, 0) is 44.4 Å². The topological polar surface area (TPSA) is 239 Å². The van der Waals surface area contributed by atoms with Gasteiger partial charge in [-0.15, -0.1) is 0 Å². The molecule has 1 aromatic rings. The van der Waals surface area contributed by atoms with Gasteiger partial charge in [-0.1, -0.05) is 26.0 Å². The maximum Gasteiger partial charge on any atom is 0.410 e. The Balaban J connectivity index is 1.46. The number of imide groups is 1. The summed E-state index contributed by atoms with van der Waals surface area (Å²) in [5.74, 6) is -2.27. The van der Waals surface area contributed by atoms with Gasteiger partial charge in [-0.25, -0.2) is 9.59 Å². The number of anilines is 1. The molecule has 7 amide bonds. The minimum Gasteiger partial charge on any atom is -0.445 e. The van der Waals surface area contributed by atoms with Gasteiger partial charge in [0.1, 0.15) is 18.2 Å². The predicted molar refractivity (Wildman–Crippen MR) is 232 cm³/mol. The Labute approximate surface area is 375 Å². The Morgan fingerprint density at radius 1 is 0.656 bits per heavy atom. The molecule has 21 heteroatoms. The summed E-state index contributed by atoms with van der Waals surface area (Å²) in [4.78, 5) is 89.3. The first-order valence-corrected chi connectivity index (χ1v) is 21.2. The Kier molecular flexibility index (Phi) is 26.5. The van der Waals surface area contributed by atoms with Crippen LogP contribution in [0.3, 0.4) is 0 Å². The highest BCUT2D eigenvalue weighted by Gasteiger charge is 2.25. The lowest BCUT2D eigenvalue weighted by molar-refractivity contribution is -0.137. The maximum atomic E-state index is 12.9. The van der Waals surface area contributed by atoms with Crippen molar-refractivity contribution < 1.29 is 71.5 Å². The lowest BCUT2D eigenvalue weighted by Crippen LogP contribution is -2.51. The molecule has 21 nitrogen and oxygen atoms in total. The van der Waals surface area contributed by atoms with Crippen LogP contribution in [0, 0.1) is 5.92 Å². The van der Waals surface area contributed by atoms with Crippen molar-refractivity contribution in [3.8, 4) is 0 Å². The van der Waals surface area contributed by atoms with Crippen molar-refractivity contribution in [1.29, 1.82) is 0 Å². The molecule has 360 valence electrons. The number of carbonyl (C=O) groups excluding carboxylic acids is 7. The third-order valence-electron chi connectivity index (χ3n) is 8.77. The number of hydrogen-bond donors (Lipinski definition) is 3. The Morgan fingerprint density at radius 3 is 1.61 bits per heavy atom. The van der Waals surface area contributed by atoms with Gasteiger partial charge in [0.15, 0.2) is 0 Å². The minimum absolute atomic E-state index is 0.00981. The molecule has 1 atom stereocenters. The second kappa shape index (κ2) is 30.8.